The summed E-state index contributed by atoms with van der Waals surface area (Å²) in [7, 11) is 0. The van der Waals surface area contributed by atoms with E-state index in [1.165, 1.54) is 6.21 Å². The quantitative estimate of drug-likeness (QED) is 0.680. The van der Waals surface area contributed by atoms with Gasteiger partial charge in [-0.3, -0.25) is 0 Å². The van der Waals surface area contributed by atoms with E-state index < -0.39 is 12.6 Å². The SMILES string of the molecule is O=C(O)CON=Cc1cc(Br)c(Br)o1. The summed E-state index contributed by atoms with van der Waals surface area (Å²) in [6.45, 7) is -0.473. The average Bonchev–Trinajstić information content (AvgIpc) is 2.40. The van der Waals surface area contributed by atoms with E-state index >= 15 is 0 Å². The number of carboxylic acids is 1. The Kier molecular flexibility index (Phi) is 4.15. The molecule has 0 saturated carbocycles. The highest BCUT2D eigenvalue weighted by Gasteiger charge is 2.03. The molecular weight excluding hydrogens is 322 g/mol. The van der Waals surface area contributed by atoms with Gasteiger partial charge < -0.3 is 14.4 Å². The van der Waals surface area contributed by atoms with Crippen LogP contribution in [-0.4, -0.2) is 23.9 Å². The number of carboxylic acid groups (broad SMARTS) is 1. The third kappa shape index (κ3) is 3.51. The van der Waals surface area contributed by atoms with Crippen LogP contribution >= 0.6 is 31.9 Å². The lowest BCUT2D eigenvalue weighted by molar-refractivity contribution is -0.142. The maximum absolute atomic E-state index is 10.0. The summed E-state index contributed by atoms with van der Waals surface area (Å²) in [6.07, 6.45) is 1.28. The van der Waals surface area contributed by atoms with Crippen LogP contribution in [0.4, 0.5) is 0 Å². The van der Waals surface area contributed by atoms with Crippen molar-refractivity contribution in [1.82, 2.24) is 0 Å². The molecule has 76 valence electrons. The molecule has 1 N–H and O–H groups in total. The number of hydrogen-bond donors (Lipinski definition) is 1. The standard InChI is InChI=1S/C7H5Br2NO4/c8-5-1-4(14-7(5)9)2-10-13-3-6(11)12/h1-2H,3H2,(H,11,12). The van der Waals surface area contributed by atoms with Crippen LogP contribution in [0.25, 0.3) is 0 Å². The number of nitrogens with zero attached hydrogens (tertiary/aromatic N) is 1. The molecule has 1 aromatic heterocycles. The van der Waals surface area contributed by atoms with Gasteiger partial charge in [-0.1, -0.05) is 5.16 Å². The van der Waals surface area contributed by atoms with Crippen molar-refractivity contribution in [3.05, 3.63) is 21.0 Å². The van der Waals surface area contributed by atoms with E-state index in [9.17, 15) is 4.79 Å². The number of aliphatic carboxylic acids is 1. The lowest BCUT2D eigenvalue weighted by atomic mass is 10.5. The maximum atomic E-state index is 10.0. The third-order valence-corrected chi connectivity index (χ3v) is 2.82. The van der Waals surface area contributed by atoms with Gasteiger partial charge in [-0.15, -0.1) is 0 Å². The van der Waals surface area contributed by atoms with E-state index in [0.29, 0.717) is 10.4 Å². The first-order valence-electron chi connectivity index (χ1n) is 3.41. The minimum absolute atomic E-state index is 0.453. The van der Waals surface area contributed by atoms with Gasteiger partial charge >= 0.3 is 5.97 Å². The largest absolute Gasteiger partial charge is 0.479 e. The minimum Gasteiger partial charge on any atom is -0.479 e. The molecule has 0 saturated heterocycles. The summed E-state index contributed by atoms with van der Waals surface area (Å²) >= 11 is 6.35. The normalized spacial score (nSPS) is 10.7. The second-order valence-electron chi connectivity index (χ2n) is 2.17. The van der Waals surface area contributed by atoms with Crippen molar-refractivity contribution in [3.8, 4) is 0 Å². The highest BCUT2D eigenvalue weighted by atomic mass is 79.9. The molecule has 0 radical (unpaired) electrons. The van der Waals surface area contributed by atoms with Crippen LogP contribution < -0.4 is 0 Å². The predicted molar refractivity (Wildman–Crippen MR) is 55.3 cm³/mol. The molecule has 14 heavy (non-hydrogen) atoms. The first-order chi connectivity index (χ1) is 6.59. The number of hydrogen-bond acceptors (Lipinski definition) is 4. The van der Waals surface area contributed by atoms with E-state index in [1.54, 1.807) is 6.07 Å². The van der Waals surface area contributed by atoms with Crippen LogP contribution in [0.15, 0.2) is 24.8 Å². The van der Waals surface area contributed by atoms with Gasteiger partial charge in [0.15, 0.2) is 10.4 Å². The number of halogens is 2. The fourth-order valence-electron chi connectivity index (χ4n) is 0.609. The summed E-state index contributed by atoms with van der Waals surface area (Å²) in [5, 5.41) is 11.6. The Morgan fingerprint density at radius 2 is 2.43 bits per heavy atom. The van der Waals surface area contributed by atoms with Crippen LogP contribution in [0.5, 0.6) is 0 Å². The molecule has 0 bridgehead atoms. The molecule has 0 fully saturated rings. The fourth-order valence-corrected chi connectivity index (χ4v) is 1.22. The second kappa shape index (κ2) is 5.16. The zero-order chi connectivity index (χ0) is 10.6. The predicted octanol–water partition coefficient (Wildman–Crippen LogP) is 2.24. The van der Waals surface area contributed by atoms with Crippen molar-refractivity contribution < 1.29 is 19.2 Å². The maximum Gasteiger partial charge on any atom is 0.344 e. The molecular formula is C7H5Br2NO4. The summed E-state index contributed by atoms with van der Waals surface area (Å²) in [5.74, 6) is -0.627. The fraction of sp³-hybridized carbons (Fsp3) is 0.143. The number of furan rings is 1. The van der Waals surface area contributed by atoms with E-state index in [0.717, 1.165) is 4.47 Å². The van der Waals surface area contributed by atoms with Crippen LogP contribution in [-0.2, 0) is 9.63 Å². The Bertz CT molecular complexity index is 341. The summed E-state index contributed by atoms with van der Waals surface area (Å²) in [4.78, 5) is 14.5. The zero-order valence-electron chi connectivity index (χ0n) is 6.74. The molecule has 7 heteroatoms. The minimum atomic E-state index is -1.08. The van der Waals surface area contributed by atoms with Gasteiger partial charge in [-0.05, 0) is 31.9 Å². The Balaban J connectivity index is 2.48. The molecule has 1 rings (SSSR count). The Labute approximate surface area is 96.0 Å². The van der Waals surface area contributed by atoms with Gasteiger partial charge in [0.25, 0.3) is 0 Å². The monoisotopic (exact) mass is 325 g/mol. The molecule has 0 aliphatic heterocycles. The van der Waals surface area contributed by atoms with Gasteiger partial charge in [0.05, 0.1) is 4.47 Å². The first-order valence-corrected chi connectivity index (χ1v) is 5.00. The van der Waals surface area contributed by atoms with Crippen LogP contribution in [0.2, 0.25) is 0 Å². The van der Waals surface area contributed by atoms with Gasteiger partial charge in [0.1, 0.15) is 6.21 Å². The van der Waals surface area contributed by atoms with Gasteiger partial charge in [-0.2, -0.15) is 0 Å². The van der Waals surface area contributed by atoms with Crippen LogP contribution in [0.1, 0.15) is 5.76 Å². The van der Waals surface area contributed by atoms with Crippen molar-refractivity contribution in [3.63, 3.8) is 0 Å². The molecule has 0 aliphatic carbocycles. The van der Waals surface area contributed by atoms with Crippen molar-refractivity contribution in [2.45, 2.75) is 0 Å². The van der Waals surface area contributed by atoms with E-state index in [4.69, 9.17) is 9.52 Å². The van der Waals surface area contributed by atoms with E-state index in [1.807, 2.05) is 0 Å². The summed E-state index contributed by atoms with van der Waals surface area (Å²) in [6, 6.07) is 1.66. The van der Waals surface area contributed by atoms with Crippen LogP contribution in [0, 0.1) is 0 Å². The first kappa shape index (κ1) is 11.3. The highest BCUT2D eigenvalue weighted by molar-refractivity contribution is 9.13. The summed E-state index contributed by atoms with van der Waals surface area (Å²) in [5.41, 5.74) is 0. The molecule has 0 aromatic carbocycles. The lowest BCUT2D eigenvalue weighted by Gasteiger charge is -1.90. The lowest BCUT2D eigenvalue weighted by Crippen LogP contribution is -2.03. The summed E-state index contributed by atoms with van der Waals surface area (Å²) < 4.78 is 6.40. The Hall–Kier alpha value is -0.820. The molecule has 0 atom stereocenters. The van der Waals surface area contributed by atoms with Crippen molar-refractivity contribution in [2.24, 2.45) is 5.16 Å². The third-order valence-electron chi connectivity index (χ3n) is 1.11. The molecule has 5 nitrogen and oxygen atoms in total. The second-order valence-corrected chi connectivity index (χ2v) is 3.75. The Morgan fingerprint density at radius 3 is 2.93 bits per heavy atom. The van der Waals surface area contributed by atoms with Crippen molar-refractivity contribution in [1.29, 1.82) is 0 Å². The molecule has 0 spiro atoms. The van der Waals surface area contributed by atoms with Gasteiger partial charge in [-0.25, -0.2) is 4.79 Å². The molecule has 1 aromatic rings. The molecule has 0 amide bonds. The van der Waals surface area contributed by atoms with Crippen molar-refractivity contribution >= 4 is 44.0 Å². The van der Waals surface area contributed by atoms with Gasteiger partial charge in [0, 0.05) is 6.07 Å². The highest BCUT2D eigenvalue weighted by Crippen LogP contribution is 2.25. The topological polar surface area (TPSA) is 72.0 Å². The van der Waals surface area contributed by atoms with Gasteiger partial charge in [0.2, 0.25) is 6.61 Å². The van der Waals surface area contributed by atoms with E-state index in [2.05, 4.69) is 41.9 Å². The van der Waals surface area contributed by atoms with E-state index in [-0.39, 0.29) is 0 Å². The molecule has 0 unspecified atom stereocenters. The number of carbonyl (C=O) groups is 1. The van der Waals surface area contributed by atoms with Crippen LogP contribution in [0.3, 0.4) is 0 Å². The number of oxime groups is 1. The Morgan fingerprint density at radius 1 is 1.71 bits per heavy atom. The van der Waals surface area contributed by atoms with Crippen molar-refractivity contribution in [2.75, 3.05) is 6.61 Å². The average molecular weight is 327 g/mol. The number of rotatable bonds is 4. The molecule has 1 heterocycles. The smallest absolute Gasteiger partial charge is 0.344 e. The molecule has 0 aliphatic rings. The zero-order valence-corrected chi connectivity index (χ0v) is 9.91.